The average Bonchev–Trinajstić information content (AvgIpc) is 2.23. The van der Waals surface area contributed by atoms with Gasteiger partial charge >= 0.3 is 0 Å². The van der Waals surface area contributed by atoms with E-state index in [2.05, 4.69) is 70.2 Å². The summed E-state index contributed by atoms with van der Waals surface area (Å²) >= 11 is 3.67. The summed E-state index contributed by atoms with van der Waals surface area (Å²) < 4.78 is 0. The van der Waals surface area contributed by atoms with E-state index in [1.54, 1.807) is 0 Å². The molecule has 0 aliphatic carbocycles. The van der Waals surface area contributed by atoms with E-state index < -0.39 is 0 Å². The lowest BCUT2D eigenvalue weighted by Gasteiger charge is -1.97. The van der Waals surface area contributed by atoms with Crippen molar-refractivity contribution in [2.24, 2.45) is 0 Å². The third-order valence-electron chi connectivity index (χ3n) is 1.12. The van der Waals surface area contributed by atoms with Gasteiger partial charge in [-0.1, -0.05) is 26.0 Å². The number of amides is 1. The molecule has 1 amide bonds. The Morgan fingerprint density at radius 1 is 1.18 bits per heavy atom. The van der Waals surface area contributed by atoms with E-state index >= 15 is 0 Å². The number of rotatable bonds is 1. The molecule has 0 aromatic carbocycles. The molecule has 0 aliphatic rings. The molecular weight excluding hydrogens is 232 g/mol. The lowest BCUT2D eigenvalue weighted by atomic mass is 10.3. The van der Waals surface area contributed by atoms with Crippen molar-refractivity contribution in [2.45, 2.75) is 27.3 Å². The molecule has 0 aromatic rings. The van der Waals surface area contributed by atoms with Gasteiger partial charge in [0.25, 0.3) is 0 Å². The summed E-state index contributed by atoms with van der Waals surface area (Å²) in [4.78, 5) is 10.4. The van der Waals surface area contributed by atoms with E-state index in [4.69, 9.17) is 0 Å². The van der Waals surface area contributed by atoms with Crippen molar-refractivity contribution >= 4 is 18.5 Å². The van der Waals surface area contributed by atoms with E-state index in [0.29, 0.717) is 0 Å². The fourth-order valence-electron chi connectivity index (χ4n) is 0.534. The number of thiol groups is 1. The molecular formula is C13H14N2OS. The van der Waals surface area contributed by atoms with E-state index in [9.17, 15) is 4.79 Å². The van der Waals surface area contributed by atoms with Crippen LogP contribution in [0, 0.1) is 46.9 Å². The molecule has 1 atom stereocenters. The maximum atomic E-state index is 10.4. The van der Waals surface area contributed by atoms with Crippen LogP contribution in [0.4, 0.5) is 0 Å². The van der Waals surface area contributed by atoms with Gasteiger partial charge in [-0.05, 0) is 24.0 Å². The summed E-state index contributed by atoms with van der Waals surface area (Å²) in [6.45, 7) is 3.21. The first-order valence-electron chi connectivity index (χ1n) is 4.33. The third kappa shape index (κ3) is 13.9. The fourth-order valence-corrected chi connectivity index (χ4v) is 0.590. The zero-order valence-electron chi connectivity index (χ0n) is 8.93. The van der Waals surface area contributed by atoms with Crippen LogP contribution in [-0.4, -0.2) is 11.9 Å². The molecule has 0 rings (SSSR count). The second kappa shape index (κ2) is 11.9. The zero-order chi connectivity index (χ0) is 12.2. The summed E-state index contributed by atoms with van der Waals surface area (Å²) in [7, 11) is 0. The number of nitrogens with one attached hydrogen (secondary N) is 2. The monoisotopic (exact) mass is 246 g/mol. The molecule has 0 radical (unpaired) electrons. The Morgan fingerprint density at radius 3 is 2.41 bits per heavy atom. The van der Waals surface area contributed by atoms with Crippen molar-refractivity contribution in [3.8, 4) is 46.9 Å². The van der Waals surface area contributed by atoms with Gasteiger partial charge < -0.3 is 5.32 Å². The second-order valence-corrected chi connectivity index (χ2v) is 2.78. The van der Waals surface area contributed by atoms with Crippen LogP contribution in [0.3, 0.4) is 0 Å². The number of carbonyl (C=O) groups excluding carboxylic acids is 1. The summed E-state index contributed by atoms with van der Waals surface area (Å²) in [5, 5.41) is 7.44. The molecule has 0 spiro atoms. The van der Waals surface area contributed by atoms with Gasteiger partial charge in [-0.3, -0.25) is 10.1 Å². The van der Waals surface area contributed by atoms with Crippen molar-refractivity contribution in [1.82, 2.24) is 10.6 Å². The maximum absolute atomic E-state index is 10.4. The number of hydrogen-bond acceptors (Lipinski definition) is 3. The highest BCUT2D eigenvalue weighted by atomic mass is 32.1. The van der Waals surface area contributed by atoms with Crippen LogP contribution in [0.5, 0.6) is 0 Å². The fraction of sp³-hybridized carbons (Fsp3) is 0.308. The molecule has 0 saturated carbocycles. The summed E-state index contributed by atoms with van der Waals surface area (Å²) in [5.41, 5.74) is 0. The van der Waals surface area contributed by atoms with Crippen LogP contribution >= 0.6 is 12.6 Å². The van der Waals surface area contributed by atoms with Gasteiger partial charge in [-0.25, -0.2) is 0 Å². The molecule has 0 fully saturated rings. The summed E-state index contributed by atoms with van der Waals surface area (Å²) in [5.74, 6) is 12.6. The van der Waals surface area contributed by atoms with Crippen LogP contribution in [0.25, 0.3) is 0 Å². The zero-order valence-corrected chi connectivity index (χ0v) is 9.83. The minimum absolute atomic E-state index is 0. The van der Waals surface area contributed by atoms with Gasteiger partial charge in [-0.15, -0.1) is 0 Å². The molecule has 0 aromatic heterocycles. The molecule has 0 saturated heterocycles. The lowest BCUT2D eigenvalue weighted by molar-refractivity contribution is -0.117. The number of carbonyl (C=O) groups is 1. The average molecular weight is 246 g/mol. The molecule has 88 valence electrons. The number of hydrogen-bond donors (Lipinski definition) is 3. The summed E-state index contributed by atoms with van der Waals surface area (Å²) in [6.07, 6.45) is 0. The van der Waals surface area contributed by atoms with E-state index in [1.807, 2.05) is 6.92 Å². The largest absolute Gasteiger partial charge is 0.331 e. The van der Waals surface area contributed by atoms with Gasteiger partial charge in [0, 0.05) is 30.9 Å². The van der Waals surface area contributed by atoms with Crippen molar-refractivity contribution in [3.05, 3.63) is 0 Å². The van der Waals surface area contributed by atoms with Crippen molar-refractivity contribution in [1.29, 1.82) is 0 Å². The molecule has 1 unspecified atom stereocenters. The molecule has 3 nitrogen and oxygen atoms in total. The van der Waals surface area contributed by atoms with E-state index in [1.165, 1.54) is 6.92 Å². The van der Waals surface area contributed by atoms with Gasteiger partial charge in [0.05, 0.1) is 6.04 Å². The Kier molecular flexibility index (Phi) is 12.1. The first kappa shape index (κ1) is 17.3. The Balaban J connectivity index is 0. The standard InChI is InChI=1S/C12H10N2OS.CH4/c1-11(13-8-5-6-10-16)7-3-4-9-14-12(2)15;/h11,13,16H,1-2H3,(H,14,15);1H4. The van der Waals surface area contributed by atoms with Gasteiger partial charge in [0.1, 0.15) is 0 Å². The van der Waals surface area contributed by atoms with Crippen LogP contribution in [0.1, 0.15) is 21.3 Å². The van der Waals surface area contributed by atoms with Crippen LogP contribution < -0.4 is 10.6 Å². The van der Waals surface area contributed by atoms with Crippen molar-refractivity contribution < 1.29 is 4.79 Å². The molecule has 0 heterocycles. The van der Waals surface area contributed by atoms with Crippen LogP contribution in [0.2, 0.25) is 0 Å². The van der Waals surface area contributed by atoms with Gasteiger partial charge in [-0.2, -0.15) is 0 Å². The van der Waals surface area contributed by atoms with E-state index in [-0.39, 0.29) is 19.4 Å². The SMILES string of the molecule is C.CC(=O)NC#CC#CC(C)NC#CC#CS. The molecule has 2 N–H and O–H groups in total. The first-order chi connectivity index (χ1) is 7.66. The summed E-state index contributed by atoms with van der Waals surface area (Å²) in [6, 6.07) is 4.88. The second-order valence-electron chi connectivity index (χ2n) is 2.55. The quantitative estimate of drug-likeness (QED) is 0.359. The topological polar surface area (TPSA) is 41.1 Å². The highest BCUT2D eigenvalue weighted by Gasteiger charge is 1.87. The first-order valence-corrected chi connectivity index (χ1v) is 4.78. The highest BCUT2D eigenvalue weighted by molar-refractivity contribution is 7.85. The molecule has 17 heavy (non-hydrogen) atoms. The third-order valence-corrected chi connectivity index (χ3v) is 1.23. The van der Waals surface area contributed by atoms with Gasteiger partial charge in [0.2, 0.25) is 5.91 Å². The Hall–Kier alpha value is -2.14. The maximum Gasteiger partial charge on any atom is 0.228 e. The molecule has 0 bridgehead atoms. The van der Waals surface area contributed by atoms with E-state index in [0.717, 1.165) is 0 Å². The highest BCUT2D eigenvalue weighted by Crippen LogP contribution is 1.73. The molecule has 0 aliphatic heterocycles. The normalized spacial score (nSPS) is 7.71. The van der Waals surface area contributed by atoms with Crippen LogP contribution in [0.15, 0.2) is 0 Å². The predicted molar refractivity (Wildman–Crippen MR) is 73.2 cm³/mol. The van der Waals surface area contributed by atoms with Crippen LogP contribution in [-0.2, 0) is 4.79 Å². The minimum Gasteiger partial charge on any atom is -0.331 e. The Morgan fingerprint density at radius 2 is 1.82 bits per heavy atom. The Labute approximate surface area is 109 Å². The molecule has 4 heteroatoms. The Bertz CT molecular complexity index is 480. The smallest absolute Gasteiger partial charge is 0.228 e. The minimum atomic E-state index is -0.211. The lowest BCUT2D eigenvalue weighted by Crippen LogP contribution is -2.18. The van der Waals surface area contributed by atoms with Crippen molar-refractivity contribution in [3.63, 3.8) is 0 Å². The van der Waals surface area contributed by atoms with Gasteiger partial charge in [0.15, 0.2) is 0 Å². The predicted octanol–water partition coefficient (Wildman–Crippen LogP) is 0.553. The van der Waals surface area contributed by atoms with Crippen molar-refractivity contribution in [2.75, 3.05) is 0 Å².